The second kappa shape index (κ2) is 9.21. The summed E-state index contributed by atoms with van der Waals surface area (Å²) in [5.41, 5.74) is 2.17. The fourth-order valence-corrected chi connectivity index (χ4v) is 4.15. The maximum absolute atomic E-state index is 11.7. The van der Waals surface area contributed by atoms with Gasteiger partial charge < -0.3 is 4.74 Å². The van der Waals surface area contributed by atoms with E-state index < -0.39 is 0 Å². The summed E-state index contributed by atoms with van der Waals surface area (Å²) in [7, 11) is 0. The first kappa shape index (κ1) is 18.9. The van der Waals surface area contributed by atoms with Crippen LogP contribution in [-0.4, -0.2) is 46.6 Å². The molecule has 0 spiro atoms. The number of amides is 1. The molecule has 1 saturated heterocycles. The highest BCUT2D eigenvalue weighted by Gasteiger charge is 2.21. The molecule has 26 heavy (non-hydrogen) atoms. The first-order chi connectivity index (χ1) is 12.7. The van der Waals surface area contributed by atoms with Crippen LogP contribution in [0.15, 0.2) is 29.9 Å². The van der Waals surface area contributed by atoms with E-state index in [1.165, 1.54) is 16.9 Å². The van der Waals surface area contributed by atoms with Crippen LogP contribution in [0.25, 0.3) is 0 Å². The number of carbonyl (C=O) groups is 1. The number of hydrogen-bond donors (Lipinski definition) is 0. The Kier molecular flexibility index (Phi) is 6.71. The van der Waals surface area contributed by atoms with Crippen LogP contribution in [0.3, 0.4) is 0 Å². The average Bonchev–Trinajstić information content (AvgIpc) is 3.28. The van der Waals surface area contributed by atoms with Gasteiger partial charge in [-0.15, -0.1) is 11.3 Å². The van der Waals surface area contributed by atoms with E-state index in [2.05, 4.69) is 20.9 Å². The number of thiazole rings is 1. The Bertz CT molecular complexity index is 701. The average molecular weight is 375 g/mol. The van der Waals surface area contributed by atoms with Crippen molar-refractivity contribution in [2.24, 2.45) is 0 Å². The van der Waals surface area contributed by atoms with Crippen LogP contribution in [0.5, 0.6) is 0 Å². The van der Waals surface area contributed by atoms with Crippen molar-refractivity contribution in [3.63, 3.8) is 0 Å². The number of pyridine rings is 1. The lowest BCUT2D eigenvalue weighted by atomic mass is 10.2. The largest absolute Gasteiger partial charge is 0.377 e. The topological polar surface area (TPSA) is 58.6 Å². The van der Waals surface area contributed by atoms with Gasteiger partial charge in [0.1, 0.15) is 0 Å². The van der Waals surface area contributed by atoms with Crippen molar-refractivity contribution in [1.29, 1.82) is 0 Å². The van der Waals surface area contributed by atoms with Crippen LogP contribution in [0.4, 0.5) is 5.13 Å². The van der Waals surface area contributed by atoms with Gasteiger partial charge in [-0.05, 0) is 31.4 Å². The maximum atomic E-state index is 11.7. The molecule has 0 bridgehead atoms. The number of nitrogens with zero attached hydrogens (tertiary/aromatic N) is 4. The van der Waals surface area contributed by atoms with E-state index in [4.69, 9.17) is 4.74 Å². The molecular formula is C19H26N4O2S. The summed E-state index contributed by atoms with van der Waals surface area (Å²) < 4.78 is 5.82. The van der Waals surface area contributed by atoms with Crippen LogP contribution in [-0.2, 0) is 22.6 Å². The van der Waals surface area contributed by atoms with Crippen molar-refractivity contribution in [2.75, 3.05) is 24.6 Å². The van der Waals surface area contributed by atoms with E-state index in [-0.39, 0.29) is 12.0 Å². The number of aromatic nitrogens is 2. The summed E-state index contributed by atoms with van der Waals surface area (Å²) >= 11 is 1.53. The van der Waals surface area contributed by atoms with E-state index in [0.29, 0.717) is 6.54 Å². The predicted octanol–water partition coefficient (Wildman–Crippen LogP) is 3.09. The number of rotatable bonds is 8. The first-order valence-electron chi connectivity index (χ1n) is 9.11. The molecule has 0 unspecified atom stereocenters. The molecule has 0 aliphatic carbocycles. The third-order valence-electron chi connectivity index (χ3n) is 4.47. The van der Waals surface area contributed by atoms with Crippen LogP contribution < -0.4 is 4.90 Å². The second-order valence-corrected chi connectivity index (χ2v) is 7.39. The lowest BCUT2D eigenvalue weighted by Crippen LogP contribution is -2.32. The van der Waals surface area contributed by atoms with Gasteiger partial charge in [0.05, 0.1) is 11.8 Å². The fourth-order valence-electron chi connectivity index (χ4n) is 3.23. The molecule has 0 aromatic carbocycles. The summed E-state index contributed by atoms with van der Waals surface area (Å²) in [5.74, 6) is 0.0278. The third kappa shape index (κ3) is 5.09. The standard InChI is InChI=1S/C19H26N4O2S/c1-3-23(15(2)24)19-21-17(14-26-19)12-22(13-18-7-5-9-25-18)11-16-6-4-8-20-10-16/h4,6,8,10,14,18H,3,5,7,9,11-13H2,1-2H3/t18-/m1/s1. The van der Waals surface area contributed by atoms with Crippen molar-refractivity contribution in [1.82, 2.24) is 14.9 Å². The Labute approximate surface area is 158 Å². The molecule has 0 saturated carbocycles. The molecule has 3 heterocycles. The van der Waals surface area contributed by atoms with Crippen LogP contribution >= 0.6 is 11.3 Å². The minimum atomic E-state index is 0.0278. The number of ether oxygens (including phenoxy) is 1. The summed E-state index contributed by atoms with van der Waals surface area (Å²) in [6.45, 7) is 7.47. The minimum Gasteiger partial charge on any atom is -0.377 e. The lowest BCUT2D eigenvalue weighted by molar-refractivity contribution is -0.116. The molecule has 2 aromatic heterocycles. The van der Waals surface area contributed by atoms with Crippen molar-refractivity contribution < 1.29 is 9.53 Å². The van der Waals surface area contributed by atoms with Gasteiger partial charge in [0.25, 0.3) is 0 Å². The molecular weight excluding hydrogens is 348 g/mol. The monoisotopic (exact) mass is 374 g/mol. The maximum Gasteiger partial charge on any atom is 0.225 e. The summed E-state index contributed by atoms with van der Waals surface area (Å²) in [5, 5.41) is 2.82. The molecule has 1 aliphatic rings. The smallest absolute Gasteiger partial charge is 0.225 e. The molecule has 0 radical (unpaired) electrons. The van der Waals surface area contributed by atoms with Crippen molar-refractivity contribution >= 4 is 22.4 Å². The summed E-state index contributed by atoms with van der Waals surface area (Å²) in [4.78, 5) is 24.7. The van der Waals surface area contributed by atoms with Gasteiger partial charge in [-0.3, -0.25) is 19.6 Å². The molecule has 7 heteroatoms. The molecule has 2 aromatic rings. The van der Waals surface area contributed by atoms with E-state index in [1.54, 1.807) is 18.0 Å². The summed E-state index contributed by atoms with van der Waals surface area (Å²) in [6.07, 6.45) is 6.23. The van der Waals surface area contributed by atoms with Gasteiger partial charge >= 0.3 is 0 Å². The minimum absolute atomic E-state index is 0.0278. The van der Waals surface area contributed by atoms with Crippen molar-refractivity contribution in [3.8, 4) is 0 Å². The Balaban J connectivity index is 1.70. The normalized spacial score (nSPS) is 17.0. The van der Waals surface area contributed by atoms with Gasteiger partial charge in [0, 0.05) is 57.5 Å². The quantitative estimate of drug-likeness (QED) is 0.711. The number of anilines is 1. The van der Waals surface area contributed by atoms with Crippen molar-refractivity contribution in [3.05, 3.63) is 41.2 Å². The van der Waals surface area contributed by atoms with Crippen molar-refractivity contribution in [2.45, 2.75) is 45.9 Å². The molecule has 1 aliphatic heterocycles. The lowest BCUT2D eigenvalue weighted by Gasteiger charge is -2.24. The molecule has 6 nitrogen and oxygen atoms in total. The van der Waals surface area contributed by atoms with Gasteiger partial charge in [0.15, 0.2) is 5.13 Å². The zero-order valence-electron chi connectivity index (χ0n) is 15.4. The zero-order valence-corrected chi connectivity index (χ0v) is 16.2. The van der Waals surface area contributed by atoms with Crippen LogP contribution in [0, 0.1) is 0 Å². The van der Waals surface area contributed by atoms with E-state index >= 15 is 0 Å². The van der Waals surface area contributed by atoms with Crippen LogP contribution in [0.2, 0.25) is 0 Å². The second-order valence-electron chi connectivity index (χ2n) is 6.55. The number of carbonyl (C=O) groups excluding carboxylic acids is 1. The Morgan fingerprint density at radius 2 is 2.31 bits per heavy atom. The fraction of sp³-hybridized carbons (Fsp3) is 0.526. The highest BCUT2D eigenvalue weighted by atomic mass is 32.1. The highest BCUT2D eigenvalue weighted by Crippen LogP contribution is 2.23. The zero-order chi connectivity index (χ0) is 18.4. The van der Waals surface area contributed by atoms with E-state index in [1.807, 2.05) is 24.6 Å². The highest BCUT2D eigenvalue weighted by molar-refractivity contribution is 7.14. The first-order valence-corrected chi connectivity index (χ1v) is 9.99. The molecule has 1 fully saturated rings. The van der Waals surface area contributed by atoms with Crippen LogP contribution in [0.1, 0.15) is 37.9 Å². The van der Waals surface area contributed by atoms with Gasteiger partial charge in [-0.2, -0.15) is 0 Å². The van der Waals surface area contributed by atoms with E-state index in [0.717, 1.165) is 49.9 Å². The summed E-state index contributed by atoms with van der Waals surface area (Å²) in [6, 6.07) is 4.06. The van der Waals surface area contributed by atoms with Gasteiger partial charge in [-0.25, -0.2) is 4.98 Å². The molecule has 1 atom stereocenters. The number of hydrogen-bond acceptors (Lipinski definition) is 6. The molecule has 0 N–H and O–H groups in total. The SMILES string of the molecule is CCN(C(C)=O)c1nc(CN(Cc2cccnc2)C[C@H]2CCCO2)cs1. The van der Waals surface area contributed by atoms with Gasteiger partial charge in [0.2, 0.25) is 5.91 Å². The Hall–Kier alpha value is -1.83. The molecule has 1 amide bonds. The van der Waals surface area contributed by atoms with E-state index in [9.17, 15) is 4.79 Å². The Morgan fingerprint density at radius 3 is 2.96 bits per heavy atom. The predicted molar refractivity (Wildman–Crippen MR) is 103 cm³/mol. The van der Waals surface area contributed by atoms with Gasteiger partial charge in [-0.1, -0.05) is 6.07 Å². The third-order valence-corrected chi connectivity index (χ3v) is 5.38. The molecule has 140 valence electrons. The Morgan fingerprint density at radius 1 is 1.42 bits per heavy atom. The molecule has 3 rings (SSSR count).